The van der Waals surface area contributed by atoms with Crippen LogP contribution in [0.3, 0.4) is 0 Å². The van der Waals surface area contributed by atoms with E-state index in [0.29, 0.717) is 12.3 Å². The van der Waals surface area contributed by atoms with Crippen LogP contribution in [0.15, 0.2) is 6.33 Å². The smallest absolute Gasteiger partial charge is 0.154 e. The maximum absolute atomic E-state index is 11.9. The summed E-state index contributed by atoms with van der Waals surface area (Å²) < 4.78 is 23.7. The van der Waals surface area contributed by atoms with Crippen LogP contribution in [-0.4, -0.2) is 42.5 Å². The summed E-state index contributed by atoms with van der Waals surface area (Å²) in [6.07, 6.45) is 4.84. The minimum Gasteiger partial charge on any atom is -0.370 e. The molecule has 1 saturated heterocycles. The Bertz CT molecular complexity index is 574. The van der Waals surface area contributed by atoms with E-state index in [4.69, 9.17) is 0 Å². The molecule has 0 aromatic carbocycles. The molecule has 6 nitrogen and oxygen atoms in total. The molecule has 21 heavy (non-hydrogen) atoms. The molecule has 1 aliphatic heterocycles. The van der Waals surface area contributed by atoms with Crippen LogP contribution >= 0.6 is 0 Å². The molecule has 118 valence electrons. The first-order valence-corrected chi connectivity index (χ1v) is 9.33. The summed E-state index contributed by atoms with van der Waals surface area (Å²) in [5.41, 5.74) is 1.02. The molecule has 0 aliphatic carbocycles. The van der Waals surface area contributed by atoms with Gasteiger partial charge in [0.1, 0.15) is 18.0 Å². The van der Waals surface area contributed by atoms with Crippen molar-refractivity contribution < 1.29 is 8.42 Å². The molecule has 7 heteroatoms. The van der Waals surface area contributed by atoms with Crippen LogP contribution < -0.4 is 10.6 Å². The number of hydrogen-bond acceptors (Lipinski definition) is 6. The molecule has 1 aromatic rings. The monoisotopic (exact) mass is 312 g/mol. The van der Waals surface area contributed by atoms with E-state index in [1.165, 1.54) is 6.33 Å². The third-order valence-corrected chi connectivity index (χ3v) is 6.08. The van der Waals surface area contributed by atoms with Crippen LogP contribution in [0.5, 0.6) is 0 Å². The van der Waals surface area contributed by atoms with E-state index in [9.17, 15) is 8.42 Å². The zero-order valence-electron chi connectivity index (χ0n) is 12.7. The van der Waals surface area contributed by atoms with E-state index in [1.54, 1.807) is 0 Å². The molecule has 1 fully saturated rings. The summed E-state index contributed by atoms with van der Waals surface area (Å²) in [5.74, 6) is 1.90. The zero-order chi connectivity index (χ0) is 15.3. The van der Waals surface area contributed by atoms with Crippen LogP contribution in [-0.2, 0) is 16.3 Å². The largest absolute Gasteiger partial charge is 0.370 e. The molecule has 2 N–H and O–H groups in total. The summed E-state index contributed by atoms with van der Waals surface area (Å²) >= 11 is 0. The number of aromatic nitrogens is 2. The van der Waals surface area contributed by atoms with Crippen LogP contribution in [0.25, 0.3) is 0 Å². The second kappa shape index (κ2) is 7.06. The average Bonchev–Trinajstić information content (AvgIpc) is 2.81. The Morgan fingerprint density at radius 1 is 1.24 bits per heavy atom. The second-order valence-corrected chi connectivity index (χ2v) is 7.74. The highest BCUT2D eigenvalue weighted by molar-refractivity contribution is 7.92. The Morgan fingerprint density at radius 3 is 2.52 bits per heavy atom. The van der Waals surface area contributed by atoms with Gasteiger partial charge < -0.3 is 10.6 Å². The van der Waals surface area contributed by atoms with Gasteiger partial charge in [-0.25, -0.2) is 18.4 Å². The number of nitrogens with zero attached hydrogens (tertiary/aromatic N) is 2. The van der Waals surface area contributed by atoms with Gasteiger partial charge >= 0.3 is 0 Å². The fraction of sp³-hybridized carbons (Fsp3) is 0.714. The Labute approximate surface area is 126 Å². The summed E-state index contributed by atoms with van der Waals surface area (Å²) in [7, 11) is -2.92. The maximum Gasteiger partial charge on any atom is 0.154 e. The quantitative estimate of drug-likeness (QED) is 0.799. The Hall–Kier alpha value is -1.37. The molecule has 1 atom stereocenters. The van der Waals surface area contributed by atoms with Crippen molar-refractivity contribution in [2.75, 3.05) is 29.5 Å². The standard InChI is InChI=1S/C14H24N4O2S/c1-3-7-15-13-12(4-2)14(18-10-17-13)16-9-11-6-5-8-21(11,19)20/h10-11H,3-9H2,1-2H3,(H2,15,16,17,18). The van der Waals surface area contributed by atoms with Crippen molar-refractivity contribution in [3.8, 4) is 0 Å². The van der Waals surface area contributed by atoms with Gasteiger partial charge in [-0.3, -0.25) is 0 Å². The lowest BCUT2D eigenvalue weighted by molar-refractivity contribution is 0.591. The lowest BCUT2D eigenvalue weighted by Crippen LogP contribution is -2.26. The molecule has 0 bridgehead atoms. The Morgan fingerprint density at radius 2 is 1.95 bits per heavy atom. The number of hydrogen-bond donors (Lipinski definition) is 2. The third kappa shape index (κ3) is 3.84. The molecule has 1 unspecified atom stereocenters. The van der Waals surface area contributed by atoms with Crippen molar-refractivity contribution in [3.63, 3.8) is 0 Å². The highest BCUT2D eigenvalue weighted by Gasteiger charge is 2.31. The van der Waals surface area contributed by atoms with Crippen LogP contribution in [0.4, 0.5) is 11.6 Å². The van der Waals surface area contributed by atoms with Crippen molar-refractivity contribution in [2.24, 2.45) is 0 Å². The Balaban J connectivity index is 2.09. The van der Waals surface area contributed by atoms with E-state index < -0.39 is 9.84 Å². The molecular formula is C14H24N4O2S. The van der Waals surface area contributed by atoms with Crippen molar-refractivity contribution in [1.29, 1.82) is 0 Å². The molecule has 0 amide bonds. The SMILES string of the molecule is CCCNc1ncnc(NCC2CCCS2(=O)=O)c1CC. The first-order chi connectivity index (χ1) is 10.1. The van der Waals surface area contributed by atoms with Crippen molar-refractivity contribution in [1.82, 2.24) is 9.97 Å². The predicted molar refractivity (Wildman–Crippen MR) is 85.5 cm³/mol. The fourth-order valence-corrected chi connectivity index (χ4v) is 4.36. The van der Waals surface area contributed by atoms with E-state index in [0.717, 1.165) is 49.4 Å². The van der Waals surface area contributed by atoms with Gasteiger partial charge in [0.2, 0.25) is 0 Å². The lowest BCUT2D eigenvalue weighted by atomic mass is 10.2. The number of anilines is 2. The normalized spacial score (nSPS) is 20.4. The summed E-state index contributed by atoms with van der Waals surface area (Å²) in [6, 6.07) is 0. The highest BCUT2D eigenvalue weighted by atomic mass is 32.2. The van der Waals surface area contributed by atoms with Gasteiger partial charge in [-0.15, -0.1) is 0 Å². The van der Waals surface area contributed by atoms with Crippen LogP contribution in [0.2, 0.25) is 0 Å². The number of rotatable bonds is 7. The van der Waals surface area contributed by atoms with Gasteiger partial charge in [0.15, 0.2) is 9.84 Å². The van der Waals surface area contributed by atoms with E-state index in [1.807, 2.05) is 6.92 Å². The molecule has 1 aromatic heterocycles. The second-order valence-electron chi connectivity index (χ2n) is 5.34. The van der Waals surface area contributed by atoms with E-state index in [2.05, 4.69) is 27.5 Å². The minimum atomic E-state index is -2.92. The van der Waals surface area contributed by atoms with Gasteiger partial charge in [-0.05, 0) is 25.7 Å². The molecular weight excluding hydrogens is 288 g/mol. The molecule has 0 saturated carbocycles. The summed E-state index contributed by atoms with van der Waals surface area (Å²) in [5, 5.41) is 6.21. The van der Waals surface area contributed by atoms with Gasteiger partial charge in [0, 0.05) is 18.7 Å². The van der Waals surface area contributed by atoms with Crippen molar-refractivity contribution in [3.05, 3.63) is 11.9 Å². The van der Waals surface area contributed by atoms with Gasteiger partial charge in [0.05, 0.1) is 11.0 Å². The third-order valence-electron chi connectivity index (χ3n) is 3.80. The molecule has 2 rings (SSSR count). The van der Waals surface area contributed by atoms with E-state index in [-0.39, 0.29) is 5.25 Å². The zero-order valence-corrected chi connectivity index (χ0v) is 13.5. The molecule has 2 heterocycles. The van der Waals surface area contributed by atoms with Crippen LogP contribution in [0.1, 0.15) is 38.7 Å². The fourth-order valence-electron chi connectivity index (χ4n) is 2.59. The summed E-state index contributed by atoms with van der Waals surface area (Å²) in [4.78, 5) is 8.55. The average molecular weight is 312 g/mol. The molecule has 0 spiro atoms. The number of nitrogens with one attached hydrogen (secondary N) is 2. The van der Waals surface area contributed by atoms with Gasteiger partial charge in [-0.1, -0.05) is 13.8 Å². The first-order valence-electron chi connectivity index (χ1n) is 7.61. The Kier molecular flexibility index (Phi) is 5.39. The molecule has 0 radical (unpaired) electrons. The topological polar surface area (TPSA) is 84.0 Å². The van der Waals surface area contributed by atoms with Gasteiger partial charge in [-0.2, -0.15) is 0 Å². The molecule has 1 aliphatic rings. The number of sulfone groups is 1. The van der Waals surface area contributed by atoms with E-state index >= 15 is 0 Å². The first kappa shape index (κ1) is 16.0. The van der Waals surface area contributed by atoms with Crippen molar-refractivity contribution in [2.45, 2.75) is 44.8 Å². The highest BCUT2D eigenvalue weighted by Crippen LogP contribution is 2.23. The predicted octanol–water partition coefficient (Wildman–Crippen LogP) is 1.85. The lowest BCUT2D eigenvalue weighted by Gasteiger charge is -2.16. The van der Waals surface area contributed by atoms with Gasteiger partial charge in [0.25, 0.3) is 0 Å². The summed E-state index contributed by atoms with van der Waals surface area (Å²) in [6.45, 7) is 5.44. The maximum atomic E-state index is 11.9. The minimum absolute atomic E-state index is 0.288. The van der Waals surface area contributed by atoms with Crippen LogP contribution in [0, 0.1) is 0 Å². The van der Waals surface area contributed by atoms with Crippen molar-refractivity contribution >= 4 is 21.5 Å².